The molecule has 108 valence electrons. The van der Waals surface area contributed by atoms with E-state index in [1.807, 2.05) is 24.3 Å². The third-order valence-corrected chi connectivity index (χ3v) is 3.96. The Morgan fingerprint density at radius 2 is 1.86 bits per heavy atom. The highest BCUT2D eigenvalue weighted by molar-refractivity contribution is 6.31. The second-order valence-electron chi connectivity index (χ2n) is 5.04. The first-order chi connectivity index (χ1) is 10.1. The summed E-state index contributed by atoms with van der Waals surface area (Å²) >= 11 is 6.25. The number of rotatable bonds is 2. The molecule has 0 amide bonds. The van der Waals surface area contributed by atoms with E-state index in [9.17, 15) is 4.39 Å². The summed E-state index contributed by atoms with van der Waals surface area (Å²) in [4.78, 5) is 4.41. The topological polar surface area (TPSA) is 50.4 Å². The zero-order chi connectivity index (χ0) is 14.8. The average Bonchev–Trinajstić information content (AvgIpc) is 2.48. The van der Waals surface area contributed by atoms with Gasteiger partial charge in [0.2, 0.25) is 0 Å². The maximum Gasteiger partial charge on any atom is 0.189 e. The Kier molecular flexibility index (Phi) is 3.80. The maximum atomic E-state index is 13.0. The summed E-state index contributed by atoms with van der Waals surface area (Å²) in [5, 5.41) is 3.85. The normalized spacial score (nSPS) is 21.5. The molecule has 0 saturated carbocycles. The number of hydrogen-bond donors (Lipinski definition) is 2. The van der Waals surface area contributed by atoms with Crippen LogP contribution in [0.5, 0.6) is 0 Å². The molecule has 0 aliphatic carbocycles. The molecule has 1 aliphatic rings. The Labute approximate surface area is 127 Å². The van der Waals surface area contributed by atoms with Gasteiger partial charge in [0.05, 0.1) is 12.1 Å². The number of benzene rings is 2. The van der Waals surface area contributed by atoms with Gasteiger partial charge in [-0.05, 0) is 35.7 Å². The van der Waals surface area contributed by atoms with Crippen molar-refractivity contribution in [3.63, 3.8) is 0 Å². The first-order valence-corrected chi connectivity index (χ1v) is 7.11. The molecule has 0 fully saturated rings. The number of guanidine groups is 1. The number of halogens is 2. The van der Waals surface area contributed by atoms with Crippen LogP contribution in [0.1, 0.15) is 29.6 Å². The average molecular weight is 304 g/mol. The van der Waals surface area contributed by atoms with Crippen LogP contribution >= 0.6 is 11.6 Å². The molecule has 3 rings (SSSR count). The van der Waals surface area contributed by atoms with Gasteiger partial charge >= 0.3 is 0 Å². The molecular weight excluding hydrogens is 289 g/mol. The Bertz CT molecular complexity index is 669. The fourth-order valence-corrected chi connectivity index (χ4v) is 2.84. The fourth-order valence-electron chi connectivity index (χ4n) is 2.58. The zero-order valence-electron chi connectivity index (χ0n) is 11.3. The Balaban J connectivity index is 1.89. The van der Waals surface area contributed by atoms with Gasteiger partial charge in [-0.1, -0.05) is 41.9 Å². The SMILES string of the molecule is NC1=NC(c2ccc(F)cc2)CC(c2ccccc2Cl)N1. The number of nitrogens with two attached hydrogens (primary N) is 1. The first kappa shape index (κ1) is 13.9. The molecule has 0 saturated heterocycles. The summed E-state index contributed by atoms with van der Waals surface area (Å²) in [5.41, 5.74) is 7.82. The Morgan fingerprint density at radius 3 is 2.57 bits per heavy atom. The van der Waals surface area contributed by atoms with Gasteiger partial charge < -0.3 is 11.1 Å². The lowest BCUT2D eigenvalue weighted by molar-refractivity contribution is 0.487. The molecule has 0 aromatic heterocycles. The van der Waals surface area contributed by atoms with E-state index in [-0.39, 0.29) is 17.9 Å². The van der Waals surface area contributed by atoms with Crippen molar-refractivity contribution in [2.45, 2.75) is 18.5 Å². The molecule has 2 atom stereocenters. The van der Waals surface area contributed by atoms with Crippen molar-refractivity contribution in [1.82, 2.24) is 5.32 Å². The molecular formula is C16H15ClFN3. The maximum absolute atomic E-state index is 13.0. The minimum Gasteiger partial charge on any atom is -0.370 e. The Hall–Kier alpha value is -2.07. The standard InChI is InChI=1S/C16H15ClFN3/c17-13-4-2-1-3-12(13)15-9-14(20-16(19)21-15)10-5-7-11(18)8-6-10/h1-8,14-15H,9H2,(H3,19,20,21). The molecule has 21 heavy (non-hydrogen) atoms. The van der Waals surface area contributed by atoms with Crippen LogP contribution < -0.4 is 11.1 Å². The van der Waals surface area contributed by atoms with Gasteiger partial charge in [-0.15, -0.1) is 0 Å². The van der Waals surface area contributed by atoms with E-state index < -0.39 is 0 Å². The summed E-state index contributed by atoms with van der Waals surface area (Å²) in [6.07, 6.45) is 0.718. The van der Waals surface area contributed by atoms with Crippen molar-refractivity contribution >= 4 is 17.6 Å². The van der Waals surface area contributed by atoms with Gasteiger partial charge in [-0.2, -0.15) is 0 Å². The van der Waals surface area contributed by atoms with E-state index in [1.165, 1.54) is 12.1 Å². The molecule has 2 unspecified atom stereocenters. The summed E-state index contributed by atoms with van der Waals surface area (Å²) < 4.78 is 13.0. The van der Waals surface area contributed by atoms with Gasteiger partial charge in [-0.3, -0.25) is 0 Å². The van der Waals surface area contributed by atoms with Crippen LogP contribution in [-0.2, 0) is 0 Å². The van der Waals surface area contributed by atoms with Crippen LogP contribution in [0.4, 0.5) is 4.39 Å². The van der Waals surface area contributed by atoms with Crippen molar-refractivity contribution in [2.75, 3.05) is 0 Å². The van der Waals surface area contributed by atoms with Crippen LogP contribution in [0.2, 0.25) is 5.02 Å². The van der Waals surface area contributed by atoms with Crippen molar-refractivity contribution in [3.05, 3.63) is 70.5 Å². The van der Waals surface area contributed by atoms with Gasteiger partial charge in [0, 0.05) is 5.02 Å². The van der Waals surface area contributed by atoms with Crippen molar-refractivity contribution in [3.8, 4) is 0 Å². The van der Waals surface area contributed by atoms with Gasteiger partial charge in [0.1, 0.15) is 5.82 Å². The number of nitrogens with one attached hydrogen (secondary N) is 1. The third-order valence-electron chi connectivity index (χ3n) is 3.61. The largest absolute Gasteiger partial charge is 0.370 e. The molecule has 2 aromatic carbocycles. The second kappa shape index (κ2) is 5.74. The van der Waals surface area contributed by atoms with E-state index in [1.54, 1.807) is 12.1 Å². The van der Waals surface area contributed by atoms with Crippen LogP contribution in [0, 0.1) is 5.82 Å². The molecule has 2 aromatic rings. The van der Waals surface area contributed by atoms with Gasteiger partial charge in [0.15, 0.2) is 5.96 Å². The quantitative estimate of drug-likeness (QED) is 0.891. The molecule has 5 heteroatoms. The summed E-state index contributed by atoms with van der Waals surface area (Å²) in [5.74, 6) is 0.118. The van der Waals surface area contributed by atoms with Crippen LogP contribution in [0.3, 0.4) is 0 Å². The number of nitrogens with zero attached hydrogens (tertiary/aromatic N) is 1. The molecule has 0 radical (unpaired) electrons. The van der Waals surface area contributed by atoms with E-state index in [2.05, 4.69) is 10.3 Å². The second-order valence-corrected chi connectivity index (χ2v) is 5.44. The fraction of sp³-hybridized carbons (Fsp3) is 0.188. The molecule has 0 spiro atoms. The van der Waals surface area contributed by atoms with E-state index in [0.29, 0.717) is 11.0 Å². The van der Waals surface area contributed by atoms with E-state index in [0.717, 1.165) is 17.5 Å². The number of hydrogen-bond acceptors (Lipinski definition) is 3. The summed E-state index contributed by atoms with van der Waals surface area (Å²) in [6.45, 7) is 0. The van der Waals surface area contributed by atoms with Crippen LogP contribution in [-0.4, -0.2) is 5.96 Å². The lowest BCUT2D eigenvalue weighted by Gasteiger charge is -2.29. The zero-order valence-corrected chi connectivity index (χ0v) is 12.0. The van der Waals surface area contributed by atoms with Crippen molar-refractivity contribution in [1.29, 1.82) is 0 Å². The lowest BCUT2D eigenvalue weighted by Crippen LogP contribution is -2.39. The highest BCUT2D eigenvalue weighted by Crippen LogP contribution is 2.34. The predicted octanol–water partition coefficient (Wildman–Crippen LogP) is 3.57. The van der Waals surface area contributed by atoms with Gasteiger partial charge in [0.25, 0.3) is 0 Å². The monoisotopic (exact) mass is 303 g/mol. The van der Waals surface area contributed by atoms with Crippen molar-refractivity contribution in [2.24, 2.45) is 10.7 Å². The predicted molar refractivity (Wildman–Crippen MR) is 82.7 cm³/mol. The number of aliphatic imine (C=N–C) groups is 1. The van der Waals surface area contributed by atoms with Crippen LogP contribution in [0.15, 0.2) is 53.5 Å². The minimum absolute atomic E-state index is 0.00810. The molecule has 1 heterocycles. The summed E-state index contributed by atoms with van der Waals surface area (Å²) in [6, 6.07) is 13.9. The highest BCUT2D eigenvalue weighted by Gasteiger charge is 2.25. The smallest absolute Gasteiger partial charge is 0.189 e. The minimum atomic E-state index is -0.257. The first-order valence-electron chi connectivity index (χ1n) is 6.73. The van der Waals surface area contributed by atoms with E-state index in [4.69, 9.17) is 17.3 Å². The Morgan fingerprint density at radius 1 is 1.14 bits per heavy atom. The molecule has 3 N–H and O–H groups in total. The summed E-state index contributed by atoms with van der Waals surface area (Å²) in [7, 11) is 0. The molecule has 1 aliphatic heterocycles. The van der Waals surface area contributed by atoms with E-state index >= 15 is 0 Å². The third kappa shape index (κ3) is 3.00. The highest BCUT2D eigenvalue weighted by atomic mass is 35.5. The molecule has 0 bridgehead atoms. The van der Waals surface area contributed by atoms with Crippen LogP contribution in [0.25, 0.3) is 0 Å². The molecule has 3 nitrogen and oxygen atoms in total. The lowest BCUT2D eigenvalue weighted by atomic mass is 9.94. The van der Waals surface area contributed by atoms with Gasteiger partial charge in [-0.25, -0.2) is 9.38 Å². The van der Waals surface area contributed by atoms with Crippen molar-refractivity contribution < 1.29 is 4.39 Å².